The number of nitrogens with zero attached hydrogens (tertiary/aromatic N) is 1. The van der Waals surface area contributed by atoms with E-state index in [-0.39, 0.29) is 0 Å². The SMILES string of the molecule is COCCNC(=S)N1CC[C@@H]2C[C@@H]1c1ccc(Cl)cc12. The van der Waals surface area contributed by atoms with E-state index in [2.05, 4.69) is 22.3 Å². The molecule has 2 aliphatic rings. The normalized spacial score (nSPS) is 23.6. The number of hydrogen-bond donors (Lipinski definition) is 1. The molecule has 5 heteroatoms. The summed E-state index contributed by atoms with van der Waals surface area (Å²) in [6.45, 7) is 2.45. The van der Waals surface area contributed by atoms with Gasteiger partial charge in [0.1, 0.15) is 0 Å². The van der Waals surface area contributed by atoms with Gasteiger partial charge in [-0.15, -0.1) is 0 Å². The van der Waals surface area contributed by atoms with Gasteiger partial charge in [0.05, 0.1) is 12.6 Å². The Labute approximate surface area is 130 Å². The van der Waals surface area contributed by atoms with Crippen LogP contribution in [0.25, 0.3) is 0 Å². The first kappa shape index (κ1) is 14.1. The second kappa shape index (κ2) is 5.88. The third-order valence-corrected chi connectivity index (χ3v) is 4.91. The number of likely N-dealkylation sites (tertiary alicyclic amines) is 1. The Morgan fingerprint density at radius 1 is 1.50 bits per heavy atom. The van der Waals surface area contributed by atoms with E-state index < -0.39 is 0 Å². The molecular weight excluding hydrogens is 292 g/mol. The highest BCUT2D eigenvalue weighted by molar-refractivity contribution is 7.80. The smallest absolute Gasteiger partial charge is 0.169 e. The van der Waals surface area contributed by atoms with E-state index in [1.807, 2.05) is 6.07 Å². The number of fused-ring (bicyclic) bond motifs is 5. The van der Waals surface area contributed by atoms with Gasteiger partial charge in [-0.2, -0.15) is 0 Å². The second-order valence-corrected chi connectivity index (χ2v) is 6.25. The number of ether oxygens (including phenoxy) is 1. The summed E-state index contributed by atoms with van der Waals surface area (Å²) in [5, 5.41) is 4.96. The first-order valence-electron chi connectivity index (χ1n) is 7.03. The maximum Gasteiger partial charge on any atom is 0.169 e. The van der Waals surface area contributed by atoms with Crippen molar-refractivity contribution >= 4 is 28.9 Å². The fourth-order valence-corrected chi connectivity index (χ4v) is 3.85. The first-order chi connectivity index (χ1) is 9.70. The van der Waals surface area contributed by atoms with Gasteiger partial charge in [-0.3, -0.25) is 0 Å². The molecule has 108 valence electrons. The molecule has 0 saturated carbocycles. The number of thiocarbonyl (C=S) groups is 1. The molecule has 1 aromatic carbocycles. The van der Waals surface area contributed by atoms with Crippen LogP contribution in [0.4, 0.5) is 0 Å². The number of nitrogens with one attached hydrogen (secondary N) is 1. The number of hydrogen-bond acceptors (Lipinski definition) is 2. The van der Waals surface area contributed by atoms with Crippen molar-refractivity contribution in [2.45, 2.75) is 24.8 Å². The van der Waals surface area contributed by atoms with E-state index in [0.717, 1.165) is 36.1 Å². The summed E-state index contributed by atoms with van der Waals surface area (Å²) >= 11 is 11.7. The van der Waals surface area contributed by atoms with Crippen molar-refractivity contribution in [3.05, 3.63) is 34.3 Å². The topological polar surface area (TPSA) is 24.5 Å². The zero-order valence-corrected chi connectivity index (χ0v) is 13.1. The van der Waals surface area contributed by atoms with Crippen LogP contribution in [-0.2, 0) is 4.74 Å². The lowest BCUT2D eigenvalue weighted by atomic mass is 9.96. The van der Waals surface area contributed by atoms with Gasteiger partial charge in [0.15, 0.2) is 5.11 Å². The molecule has 1 aliphatic heterocycles. The van der Waals surface area contributed by atoms with Crippen LogP contribution in [0.1, 0.15) is 35.9 Å². The van der Waals surface area contributed by atoms with E-state index in [1.165, 1.54) is 11.1 Å². The molecule has 1 aliphatic carbocycles. The van der Waals surface area contributed by atoms with E-state index in [0.29, 0.717) is 18.6 Å². The van der Waals surface area contributed by atoms with Gasteiger partial charge >= 0.3 is 0 Å². The zero-order chi connectivity index (χ0) is 14.1. The van der Waals surface area contributed by atoms with Gasteiger partial charge < -0.3 is 15.0 Å². The molecule has 0 unspecified atom stereocenters. The quantitative estimate of drug-likeness (QED) is 0.685. The van der Waals surface area contributed by atoms with Crippen LogP contribution in [0, 0.1) is 0 Å². The molecule has 0 spiro atoms. The van der Waals surface area contributed by atoms with E-state index in [1.54, 1.807) is 7.11 Å². The summed E-state index contributed by atoms with van der Waals surface area (Å²) < 4.78 is 5.06. The zero-order valence-electron chi connectivity index (χ0n) is 11.6. The number of rotatable bonds is 3. The Kier molecular flexibility index (Phi) is 4.15. The molecule has 2 atom stereocenters. The molecule has 1 fully saturated rings. The molecule has 3 nitrogen and oxygen atoms in total. The average Bonchev–Trinajstić information content (AvgIpc) is 2.72. The minimum Gasteiger partial charge on any atom is -0.383 e. The molecule has 1 aromatic rings. The Morgan fingerprint density at radius 3 is 3.15 bits per heavy atom. The summed E-state index contributed by atoms with van der Waals surface area (Å²) in [4.78, 5) is 2.32. The highest BCUT2D eigenvalue weighted by atomic mass is 35.5. The predicted octanol–water partition coefficient (Wildman–Crippen LogP) is 3.10. The molecule has 3 rings (SSSR count). The molecule has 2 bridgehead atoms. The Morgan fingerprint density at radius 2 is 2.35 bits per heavy atom. The van der Waals surface area contributed by atoms with Crippen molar-refractivity contribution in [3.8, 4) is 0 Å². The molecule has 0 aromatic heterocycles. The van der Waals surface area contributed by atoms with Crippen LogP contribution in [0.5, 0.6) is 0 Å². The maximum absolute atomic E-state index is 6.13. The van der Waals surface area contributed by atoms with Crippen LogP contribution in [0.2, 0.25) is 5.02 Å². The van der Waals surface area contributed by atoms with Gasteiger partial charge in [-0.25, -0.2) is 0 Å². The highest BCUT2D eigenvalue weighted by Crippen LogP contribution is 2.49. The standard InChI is InChI=1S/C15H19ClN2OS/c1-19-7-5-17-15(20)18-6-4-10-8-14(18)12-3-2-11(16)9-13(10)12/h2-3,9-10,14H,4-8H2,1H3,(H,17,20)/t10-,14-/m1/s1. The average molecular weight is 311 g/mol. The van der Waals surface area contributed by atoms with Crippen molar-refractivity contribution in [1.82, 2.24) is 10.2 Å². The summed E-state index contributed by atoms with van der Waals surface area (Å²) in [5.41, 5.74) is 2.82. The van der Waals surface area contributed by atoms with Gasteiger partial charge in [0, 0.05) is 25.2 Å². The number of halogens is 1. The molecule has 0 radical (unpaired) electrons. The Hall–Kier alpha value is -0.840. The summed E-state index contributed by atoms with van der Waals surface area (Å²) in [6.07, 6.45) is 2.30. The van der Waals surface area contributed by atoms with Crippen LogP contribution in [-0.4, -0.2) is 36.8 Å². The first-order valence-corrected chi connectivity index (χ1v) is 7.82. The molecule has 1 saturated heterocycles. The fraction of sp³-hybridized carbons (Fsp3) is 0.533. The molecule has 1 N–H and O–H groups in total. The number of methoxy groups -OCH3 is 1. The second-order valence-electron chi connectivity index (χ2n) is 5.43. The van der Waals surface area contributed by atoms with E-state index >= 15 is 0 Å². The lowest BCUT2D eigenvalue weighted by Crippen LogP contribution is -2.44. The van der Waals surface area contributed by atoms with Crippen molar-refractivity contribution in [2.24, 2.45) is 0 Å². The predicted molar refractivity (Wildman–Crippen MR) is 85.4 cm³/mol. The Bertz CT molecular complexity index is 523. The van der Waals surface area contributed by atoms with Crippen LogP contribution in [0.15, 0.2) is 18.2 Å². The molecular formula is C15H19ClN2OS. The summed E-state index contributed by atoms with van der Waals surface area (Å²) in [7, 11) is 1.70. The molecule has 20 heavy (non-hydrogen) atoms. The summed E-state index contributed by atoms with van der Waals surface area (Å²) in [6, 6.07) is 6.69. The van der Waals surface area contributed by atoms with Gasteiger partial charge in [-0.05, 0) is 54.2 Å². The fourth-order valence-electron chi connectivity index (χ4n) is 3.35. The largest absolute Gasteiger partial charge is 0.383 e. The van der Waals surface area contributed by atoms with Crippen molar-refractivity contribution in [1.29, 1.82) is 0 Å². The van der Waals surface area contributed by atoms with Crippen LogP contribution in [0.3, 0.4) is 0 Å². The van der Waals surface area contributed by atoms with Crippen LogP contribution >= 0.6 is 23.8 Å². The van der Waals surface area contributed by atoms with Crippen LogP contribution < -0.4 is 5.32 Å². The minimum absolute atomic E-state index is 0.406. The van der Waals surface area contributed by atoms with Gasteiger partial charge in [-0.1, -0.05) is 17.7 Å². The van der Waals surface area contributed by atoms with E-state index in [4.69, 9.17) is 28.6 Å². The van der Waals surface area contributed by atoms with Crippen molar-refractivity contribution < 1.29 is 4.74 Å². The molecule has 0 amide bonds. The van der Waals surface area contributed by atoms with E-state index in [9.17, 15) is 0 Å². The van der Waals surface area contributed by atoms with Crippen molar-refractivity contribution in [2.75, 3.05) is 26.8 Å². The highest BCUT2D eigenvalue weighted by Gasteiger charge is 2.39. The minimum atomic E-state index is 0.406. The lowest BCUT2D eigenvalue weighted by molar-refractivity contribution is 0.199. The third-order valence-electron chi connectivity index (χ3n) is 4.29. The van der Waals surface area contributed by atoms with Gasteiger partial charge in [0.25, 0.3) is 0 Å². The molecule has 1 heterocycles. The maximum atomic E-state index is 6.13. The lowest BCUT2D eigenvalue weighted by Gasteiger charge is -2.36. The van der Waals surface area contributed by atoms with Gasteiger partial charge in [0.2, 0.25) is 0 Å². The third kappa shape index (κ3) is 2.52. The monoisotopic (exact) mass is 310 g/mol. The van der Waals surface area contributed by atoms with Crippen molar-refractivity contribution in [3.63, 3.8) is 0 Å². The number of benzene rings is 1. The number of piperidine rings is 1. The summed E-state index contributed by atoms with van der Waals surface area (Å²) in [5.74, 6) is 0.645. The Balaban J connectivity index is 1.76.